The average Bonchev–Trinajstić information content (AvgIpc) is 2.30. The third-order valence-electron chi connectivity index (χ3n) is 1.57. The normalized spacial score (nSPS) is 10.8. The molecule has 12 heavy (non-hydrogen) atoms. The predicted molar refractivity (Wildman–Crippen MR) is 57.9 cm³/mol. The van der Waals surface area contributed by atoms with E-state index in [4.69, 9.17) is 0 Å². The summed E-state index contributed by atoms with van der Waals surface area (Å²) in [6, 6.07) is 5.21. The fourth-order valence-corrected chi connectivity index (χ4v) is 2.34. The zero-order chi connectivity index (χ0) is 8.72. The topological polar surface area (TPSA) is 40.5 Å². The van der Waals surface area contributed by atoms with Crippen LogP contribution in [0, 0.1) is 3.57 Å². The van der Waals surface area contributed by atoms with Crippen molar-refractivity contribution in [2.75, 3.05) is 0 Å². The van der Waals surface area contributed by atoms with E-state index in [0.717, 1.165) is 13.7 Å². The number of halogens is 1. The van der Waals surface area contributed by atoms with Crippen molar-refractivity contribution in [2.24, 2.45) is 0 Å². The molecule has 1 aromatic heterocycles. The first-order chi connectivity index (χ1) is 5.66. The highest BCUT2D eigenvalue weighted by Crippen LogP contribution is 2.35. The van der Waals surface area contributed by atoms with E-state index in [9.17, 15) is 10.2 Å². The minimum Gasteiger partial charge on any atom is -0.507 e. The van der Waals surface area contributed by atoms with Crippen molar-refractivity contribution in [3.8, 4) is 10.8 Å². The van der Waals surface area contributed by atoms with Crippen molar-refractivity contribution in [1.82, 2.24) is 0 Å². The van der Waals surface area contributed by atoms with Gasteiger partial charge >= 0.3 is 0 Å². The molecule has 62 valence electrons. The van der Waals surface area contributed by atoms with Crippen LogP contribution in [0.1, 0.15) is 0 Å². The minimum absolute atomic E-state index is 0.268. The molecule has 2 aromatic rings. The van der Waals surface area contributed by atoms with Crippen molar-refractivity contribution < 1.29 is 10.2 Å². The van der Waals surface area contributed by atoms with Crippen LogP contribution < -0.4 is 0 Å². The summed E-state index contributed by atoms with van der Waals surface area (Å²) >= 11 is 3.32. The van der Waals surface area contributed by atoms with E-state index >= 15 is 0 Å². The van der Waals surface area contributed by atoms with E-state index in [0.29, 0.717) is 0 Å². The molecule has 0 aliphatic carbocycles. The Balaban J connectivity index is 2.83. The van der Waals surface area contributed by atoms with Gasteiger partial charge in [-0.2, -0.15) is 0 Å². The van der Waals surface area contributed by atoms with Crippen LogP contribution >= 0.6 is 33.9 Å². The molecule has 0 atom stereocenters. The van der Waals surface area contributed by atoms with Crippen molar-refractivity contribution >= 4 is 44.0 Å². The summed E-state index contributed by atoms with van der Waals surface area (Å²) < 4.78 is 1.71. The highest BCUT2D eigenvalue weighted by atomic mass is 127. The van der Waals surface area contributed by atoms with E-state index in [-0.39, 0.29) is 10.8 Å². The molecular formula is C8H5IO2S. The predicted octanol–water partition coefficient (Wildman–Crippen LogP) is 2.92. The molecule has 0 fully saturated rings. The summed E-state index contributed by atoms with van der Waals surface area (Å²) in [5.41, 5.74) is 0. The molecule has 4 heteroatoms. The number of benzene rings is 1. The summed E-state index contributed by atoms with van der Waals surface area (Å²) in [6.07, 6.45) is 0. The Morgan fingerprint density at radius 2 is 1.92 bits per heavy atom. The molecule has 0 spiro atoms. The van der Waals surface area contributed by atoms with Crippen LogP contribution in [0.2, 0.25) is 0 Å². The van der Waals surface area contributed by atoms with E-state index in [2.05, 4.69) is 22.6 Å². The van der Waals surface area contributed by atoms with Gasteiger partial charge < -0.3 is 10.2 Å². The molecule has 0 aliphatic heterocycles. The third-order valence-corrected chi connectivity index (χ3v) is 3.34. The number of aromatic hydroxyl groups is 2. The Bertz CT molecular complexity index is 397. The molecule has 0 saturated heterocycles. The van der Waals surface area contributed by atoms with Gasteiger partial charge in [0.15, 0.2) is 5.06 Å². The van der Waals surface area contributed by atoms with Gasteiger partial charge in [-0.15, -0.1) is 0 Å². The molecule has 2 nitrogen and oxygen atoms in total. The van der Waals surface area contributed by atoms with Crippen LogP contribution in [-0.4, -0.2) is 10.2 Å². The SMILES string of the molecule is Oc1cc2cc(I)c(O)cc2s1. The Morgan fingerprint density at radius 1 is 1.17 bits per heavy atom. The number of phenolic OH excluding ortho intramolecular Hbond substituents is 1. The molecule has 0 amide bonds. The molecular weight excluding hydrogens is 287 g/mol. The summed E-state index contributed by atoms with van der Waals surface area (Å²) in [4.78, 5) is 0. The second-order valence-electron chi connectivity index (χ2n) is 2.43. The van der Waals surface area contributed by atoms with Gasteiger partial charge in [-0.05, 0) is 46.2 Å². The van der Waals surface area contributed by atoms with Gasteiger partial charge in [0.05, 0.1) is 3.57 Å². The lowest BCUT2D eigenvalue weighted by Gasteiger charge is -1.94. The second kappa shape index (κ2) is 2.77. The van der Waals surface area contributed by atoms with Crippen LogP contribution in [0.3, 0.4) is 0 Å². The Hall–Kier alpha value is -0.490. The van der Waals surface area contributed by atoms with Crippen molar-refractivity contribution in [2.45, 2.75) is 0 Å². The van der Waals surface area contributed by atoms with Gasteiger partial charge in [0.25, 0.3) is 0 Å². The van der Waals surface area contributed by atoms with E-state index in [1.54, 1.807) is 12.1 Å². The number of thiophene rings is 1. The summed E-state index contributed by atoms with van der Waals surface area (Å²) in [6.45, 7) is 0. The van der Waals surface area contributed by atoms with Gasteiger partial charge in [-0.25, -0.2) is 0 Å². The highest BCUT2D eigenvalue weighted by Gasteiger charge is 2.04. The summed E-state index contributed by atoms with van der Waals surface area (Å²) in [5.74, 6) is 0.268. The first-order valence-electron chi connectivity index (χ1n) is 3.28. The van der Waals surface area contributed by atoms with Crippen LogP contribution in [0.25, 0.3) is 10.1 Å². The first-order valence-corrected chi connectivity index (χ1v) is 5.17. The molecule has 0 aliphatic rings. The van der Waals surface area contributed by atoms with Gasteiger partial charge in [0.2, 0.25) is 0 Å². The maximum Gasteiger partial charge on any atom is 0.172 e. The lowest BCUT2D eigenvalue weighted by molar-refractivity contribution is 0.472. The number of hydrogen-bond donors (Lipinski definition) is 2. The first kappa shape index (κ1) is 8.12. The largest absolute Gasteiger partial charge is 0.507 e. The summed E-state index contributed by atoms with van der Waals surface area (Å²) in [7, 11) is 0. The van der Waals surface area contributed by atoms with Crippen molar-refractivity contribution in [3.63, 3.8) is 0 Å². The zero-order valence-corrected chi connectivity index (χ0v) is 8.89. The van der Waals surface area contributed by atoms with E-state index in [1.165, 1.54) is 11.3 Å². The van der Waals surface area contributed by atoms with Gasteiger partial charge in [0.1, 0.15) is 5.75 Å². The fraction of sp³-hybridized carbons (Fsp3) is 0. The van der Waals surface area contributed by atoms with Gasteiger partial charge in [-0.3, -0.25) is 0 Å². The molecule has 1 aromatic carbocycles. The van der Waals surface area contributed by atoms with Gasteiger partial charge in [0, 0.05) is 4.70 Å². The molecule has 0 radical (unpaired) electrons. The molecule has 0 bridgehead atoms. The highest BCUT2D eigenvalue weighted by molar-refractivity contribution is 14.1. The maximum absolute atomic E-state index is 9.34. The maximum atomic E-state index is 9.34. The lowest BCUT2D eigenvalue weighted by Crippen LogP contribution is -1.71. The monoisotopic (exact) mass is 292 g/mol. The van der Waals surface area contributed by atoms with E-state index < -0.39 is 0 Å². The van der Waals surface area contributed by atoms with Crippen LogP contribution in [0.15, 0.2) is 18.2 Å². The molecule has 0 saturated carbocycles. The number of hydrogen-bond acceptors (Lipinski definition) is 3. The summed E-state index contributed by atoms with van der Waals surface area (Å²) in [5, 5.41) is 19.8. The Labute approximate surface area is 86.6 Å². The fourth-order valence-electron chi connectivity index (χ4n) is 1.03. The van der Waals surface area contributed by atoms with Crippen LogP contribution in [0.5, 0.6) is 10.8 Å². The second-order valence-corrected chi connectivity index (χ2v) is 4.65. The Morgan fingerprint density at radius 3 is 2.67 bits per heavy atom. The quantitative estimate of drug-likeness (QED) is 0.733. The molecule has 2 rings (SSSR count). The van der Waals surface area contributed by atoms with Crippen LogP contribution in [0.4, 0.5) is 0 Å². The molecule has 2 N–H and O–H groups in total. The minimum atomic E-state index is 0.268. The molecule has 0 unspecified atom stereocenters. The number of rotatable bonds is 0. The van der Waals surface area contributed by atoms with Crippen molar-refractivity contribution in [1.29, 1.82) is 0 Å². The number of fused-ring (bicyclic) bond motifs is 1. The zero-order valence-electron chi connectivity index (χ0n) is 5.91. The number of phenols is 1. The Kier molecular flexibility index (Phi) is 1.88. The third kappa shape index (κ3) is 1.25. The average molecular weight is 292 g/mol. The van der Waals surface area contributed by atoms with Gasteiger partial charge in [-0.1, -0.05) is 11.3 Å². The standard InChI is InChI=1S/C8H5IO2S/c9-5-1-4-2-8(11)12-7(4)3-6(5)10/h1-3,10-11H. The molecule has 1 heterocycles. The van der Waals surface area contributed by atoms with Crippen LogP contribution in [-0.2, 0) is 0 Å². The smallest absolute Gasteiger partial charge is 0.172 e. The lowest BCUT2D eigenvalue weighted by atomic mass is 10.2. The van der Waals surface area contributed by atoms with E-state index in [1.807, 2.05) is 6.07 Å². The van der Waals surface area contributed by atoms with Crippen molar-refractivity contribution in [3.05, 3.63) is 21.8 Å².